The van der Waals surface area contributed by atoms with Crippen molar-refractivity contribution in [1.82, 2.24) is 0 Å². The third kappa shape index (κ3) is 13.5. The van der Waals surface area contributed by atoms with E-state index in [9.17, 15) is 29.7 Å². The fraction of sp³-hybridized carbons (Fsp3) is 0.800. The van der Waals surface area contributed by atoms with Crippen molar-refractivity contribution < 1.29 is 34.2 Å². The largest absolute Gasteiger partial charge is 0.550 e. The predicted molar refractivity (Wildman–Crippen MR) is 124 cm³/mol. The smallest absolute Gasteiger partial charge is 0.311 e. The van der Waals surface area contributed by atoms with Crippen LogP contribution < -0.4 is 5.11 Å². The van der Waals surface area contributed by atoms with E-state index in [0.29, 0.717) is 6.54 Å². The second-order valence-electron chi connectivity index (χ2n) is 9.48. The molecule has 0 aromatic heterocycles. The van der Waals surface area contributed by atoms with E-state index in [2.05, 4.69) is 19.1 Å². The number of allylic oxidation sites excluding steroid dienone is 2. The van der Waals surface area contributed by atoms with Crippen LogP contribution in [-0.2, 0) is 14.4 Å². The molecule has 0 aliphatic heterocycles. The van der Waals surface area contributed by atoms with E-state index >= 15 is 0 Å². The van der Waals surface area contributed by atoms with Gasteiger partial charge in [-0.15, -0.1) is 0 Å². The maximum atomic E-state index is 11.5. The van der Waals surface area contributed by atoms with Crippen molar-refractivity contribution >= 4 is 17.9 Å². The topological polar surface area (TPSA) is 115 Å². The highest BCUT2D eigenvalue weighted by molar-refractivity contribution is 5.70. The van der Waals surface area contributed by atoms with E-state index in [1.165, 1.54) is 19.3 Å². The summed E-state index contributed by atoms with van der Waals surface area (Å²) < 4.78 is 0.179. The maximum Gasteiger partial charge on any atom is 0.311 e. The van der Waals surface area contributed by atoms with Gasteiger partial charge in [-0.25, -0.2) is 0 Å². The molecule has 7 nitrogen and oxygen atoms in total. The molecule has 2 N–H and O–H groups in total. The van der Waals surface area contributed by atoms with E-state index in [4.69, 9.17) is 0 Å². The second kappa shape index (κ2) is 16.7. The van der Waals surface area contributed by atoms with Crippen LogP contribution >= 0.6 is 0 Å². The van der Waals surface area contributed by atoms with Gasteiger partial charge in [-0.2, -0.15) is 0 Å². The Kier molecular flexibility index (Phi) is 15.7. The Labute approximate surface area is 194 Å². The Balaban J connectivity index is 4.94. The summed E-state index contributed by atoms with van der Waals surface area (Å²) >= 11 is 0. The van der Waals surface area contributed by atoms with Crippen LogP contribution in [0.25, 0.3) is 0 Å². The van der Waals surface area contributed by atoms with Gasteiger partial charge in [-0.3, -0.25) is 9.59 Å². The van der Waals surface area contributed by atoms with Crippen LogP contribution in [0.2, 0.25) is 0 Å². The molecule has 0 bridgehead atoms. The Morgan fingerprint density at radius 1 is 0.750 bits per heavy atom. The van der Waals surface area contributed by atoms with Crippen LogP contribution in [0.4, 0.5) is 0 Å². The van der Waals surface area contributed by atoms with Gasteiger partial charge in [0, 0.05) is 11.9 Å². The van der Waals surface area contributed by atoms with Gasteiger partial charge in [-0.05, 0) is 46.0 Å². The first-order valence-corrected chi connectivity index (χ1v) is 12.2. The summed E-state index contributed by atoms with van der Waals surface area (Å²) in [6, 6.07) is 0. The molecule has 0 aromatic rings. The van der Waals surface area contributed by atoms with Crippen molar-refractivity contribution in [3.8, 4) is 0 Å². The molecule has 0 radical (unpaired) electrons. The lowest BCUT2D eigenvalue weighted by Crippen LogP contribution is -2.58. The maximum absolute atomic E-state index is 11.5. The van der Waals surface area contributed by atoms with Crippen LogP contribution in [0.3, 0.4) is 0 Å². The first-order valence-electron chi connectivity index (χ1n) is 12.2. The molecule has 3 atom stereocenters. The molecule has 0 fully saturated rings. The van der Waals surface area contributed by atoms with E-state index in [1.807, 2.05) is 0 Å². The van der Waals surface area contributed by atoms with Gasteiger partial charge in [-0.1, -0.05) is 51.7 Å². The van der Waals surface area contributed by atoms with Crippen molar-refractivity contribution in [3.05, 3.63) is 12.2 Å². The number of carboxylic acids is 3. The quantitative estimate of drug-likeness (QED) is 0.164. The Bertz CT molecular complexity index is 534. The van der Waals surface area contributed by atoms with E-state index < -0.39 is 35.7 Å². The van der Waals surface area contributed by atoms with Crippen LogP contribution in [0.5, 0.6) is 0 Å². The summed E-state index contributed by atoms with van der Waals surface area (Å²) in [6.07, 6.45) is 14.2. The van der Waals surface area contributed by atoms with Crippen molar-refractivity contribution in [2.24, 2.45) is 17.8 Å². The Hall–Kier alpha value is -1.89. The number of hydrogen-bond acceptors (Lipinski definition) is 4. The lowest BCUT2D eigenvalue weighted by molar-refractivity contribution is -0.934. The summed E-state index contributed by atoms with van der Waals surface area (Å²) in [5.74, 6) is -5.25. The lowest BCUT2D eigenvalue weighted by atomic mass is 10.0. The summed E-state index contributed by atoms with van der Waals surface area (Å²) in [6.45, 7) is 8.10. The summed E-state index contributed by atoms with van der Waals surface area (Å²) in [5, 5.41) is 30.3. The molecule has 0 aliphatic carbocycles. The average molecular weight is 456 g/mol. The molecular weight excluding hydrogens is 410 g/mol. The Morgan fingerprint density at radius 2 is 1.19 bits per heavy atom. The molecular formula is C25H45NO6. The van der Waals surface area contributed by atoms with Crippen molar-refractivity contribution in [2.45, 2.75) is 85.5 Å². The number of nitrogens with zero attached hydrogens (tertiary/aromatic N) is 1. The lowest BCUT2D eigenvalue weighted by Gasteiger charge is -2.43. The molecule has 0 rings (SSSR count). The zero-order valence-electron chi connectivity index (χ0n) is 20.6. The molecule has 32 heavy (non-hydrogen) atoms. The first-order chi connectivity index (χ1) is 15.0. The standard InChI is InChI=1S/C25H45NO6/c1-5-6-7-8-9-10-11-12-13-14-15-16-26(17-20(2)23(27)28,18-21(3)24(29)30)19-22(4)25(31)32/h7-8,20-22H,5-6,9-19H2,1-4H3,(H2-,27,28,29,30,31,32)/b8-7+. The molecule has 0 spiro atoms. The number of unbranched alkanes of at least 4 members (excludes halogenated alkanes) is 7. The second-order valence-corrected chi connectivity index (χ2v) is 9.48. The highest BCUT2D eigenvalue weighted by atomic mass is 16.4. The minimum absolute atomic E-state index is 0.179. The third-order valence-electron chi connectivity index (χ3n) is 6.10. The van der Waals surface area contributed by atoms with Crippen molar-refractivity contribution in [2.75, 3.05) is 26.2 Å². The van der Waals surface area contributed by atoms with Gasteiger partial charge in [0.2, 0.25) is 0 Å². The number of aliphatic carboxylic acids is 3. The van der Waals surface area contributed by atoms with E-state index in [-0.39, 0.29) is 24.1 Å². The van der Waals surface area contributed by atoms with E-state index in [0.717, 1.165) is 38.5 Å². The van der Waals surface area contributed by atoms with Crippen molar-refractivity contribution in [3.63, 3.8) is 0 Å². The highest BCUT2D eigenvalue weighted by Crippen LogP contribution is 2.22. The molecule has 0 amide bonds. The van der Waals surface area contributed by atoms with Crippen LogP contribution in [0.1, 0.15) is 85.5 Å². The molecule has 0 aliphatic rings. The molecule has 0 saturated heterocycles. The fourth-order valence-electron chi connectivity index (χ4n) is 4.29. The highest BCUT2D eigenvalue weighted by Gasteiger charge is 2.36. The zero-order valence-corrected chi connectivity index (χ0v) is 20.6. The monoisotopic (exact) mass is 455 g/mol. The van der Waals surface area contributed by atoms with Crippen molar-refractivity contribution in [1.29, 1.82) is 0 Å². The predicted octanol–water partition coefficient (Wildman–Crippen LogP) is 3.72. The fourth-order valence-corrected chi connectivity index (χ4v) is 4.29. The molecule has 0 aromatic carbocycles. The summed E-state index contributed by atoms with van der Waals surface area (Å²) in [5.41, 5.74) is 0. The average Bonchev–Trinajstić information content (AvgIpc) is 2.71. The number of carboxylic acid groups (broad SMARTS) is 3. The molecule has 186 valence electrons. The number of rotatable bonds is 20. The van der Waals surface area contributed by atoms with Crippen LogP contribution in [0, 0.1) is 17.8 Å². The zero-order chi connectivity index (χ0) is 24.6. The van der Waals surface area contributed by atoms with Gasteiger partial charge >= 0.3 is 11.9 Å². The normalized spacial score (nSPS) is 16.4. The molecule has 7 heteroatoms. The number of carbonyl (C=O) groups is 3. The summed E-state index contributed by atoms with van der Waals surface area (Å²) in [7, 11) is 0. The number of hydrogen-bond donors (Lipinski definition) is 2. The van der Waals surface area contributed by atoms with E-state index in [1.54, 1.807) is 20.8 Å². The van der Waals surface area contributed by atoms with Crippen LogP contribution in [0.15, 0.2) is 12.2 Å². The summed E-state index contributed by atoms with van der Waals surface area (Å²) in [4.78, 5) is 34.4. The minimum Gasteiger partial charge on any atom is -0.550 e. The Morgan fingerprint density at radius 3 is 1.66 bits per heavy atom. The van der Waals surface area contributed by atoms with Gasteiger partial charge < -0.3 is 24.6 Å². The number of quaternary nitrogens is 1. The van der Waals surface area contributed by atoms with Gasteiger partial charge in [0.05, 0.1) is 26.2 Å². The molecule has 0 saturated carbocycles. The van der Waals surface area contributed by atoms with Crippen LogP contribution in [-0.4, -0.2) is 58.8 Å². The molecule has 3 unspecified atom stereocenters. The van der Waals surface area contributed by atoms with Gasteiger partial charge in [0.1, 0.15) is 11.8 Å². The van der Waals surface area contributed by atoms with Gasteiger partial charge in [0.15, 0.2) is 0 Å². The third-order valence-corrected chi connectivity index (χ3v) is 6.10. The van der Waals surface area contributed by atoms with Gasteiger partial charge in [0.25, 0.3) is 0 Å². The minimum atomic E-state index is -1.19. The first kappa shape index (κ1) is 30.1. The SMILES string of the molecule is CCC/C=C/CCCCCCCC[N+](CC(C)C(=O)[O-])(CC(C)C(=O)O)CC(C)C(=O)O. The molecule has 0 heterocycles. The number of carbonyl (C=O) groups excluding carboxylic acids is 1.